The Morgan fingerprint density at radius 3 is 2.58 bits per heavy atom. The van der Waals surface area contributed by atoms with Gasteiger partial charge in [0.25, 0.3) is 0 Å². The van der Waals surface area contributed by atoms with Crippen LogP contribution in [0.1, 0.15) is 29.6 Å². The van der Waals surface area contributed by atoms with Gasteiger partial charge in [0, 0.05) is 10.4 Å². The molecule has 1 aromatic heterocycles. The van der Waals surface area contributed by atoms with Crippen molar-refractivity contribution in [3.05, 3.63) is 95.4 Å². The zero-order valence-corrected chi connectivity index (χ0v) is 19.4. The number of benzene rings is 3. The Labute approximate surface area is 195 Å². The van der Waals surface area contributed by atoms with Crippen LogP contribution in [0.15, 0.2) is 84.3 Å². The number of amides is 1. The Kier molecular flexibility index (Phi) is 5.77. The first-order valence-electron chi connectivity index (χ1n) is 10.6. The van der Waals surface area contributed by atoms with Gasteiger partial charge >= 0.3 is 7.60 Å². The van der Waals surface area contributed by atoms with Gasteiger partial charge in [0.1, 0.15) is 0 Å². The summed E-state index contributed by atoms with van der Waals surface area (Å²) in [6.45, 7) is 0. The monoisotopic (exact) mass is 475 g/mol. The quantitative estimate of drug-likeness (QED) is 0.282. The first kappa shape index (κ1) is 21.8. The SMILES string of the molecule is O=C(Nc1ccc2ccccc2c1)C(c1csc2ccc(C3=CCCC=C3)cc12)P(=O)(O)O. The fourth-order valence-corrected chi connectivity index (χ4v) is 6.23. The lowest BCUT2D eigenvalue weighted by atomic mass is 9.97. The maximum Gasteiger partial charge on any atom is 0.342 e. The van der Waals surface area contributed by atoms with Crippen molar-refractivity contribution in [3.63, 3.8) is 0 Å². The van der Waals surface area contributed by atoms with Gasteiger partial charge in [0.05, 0.1) is 0 Å². The Balaban J connectivity index is 1.53. The molecule has 1 amide bonds. The summed E-state index contributed by atoms with van der Waals surface area (Å²) in [5, 5.41) is 7.05. The molecule has 33 heavy (non-hydrogen) atoms. The summed E-state index contributed by atoms with van der Waals surface area (Å²) >= 11 is 1.38. The summed E-state index contributed by atoms with van der Waals surface area (Å²) in [6, 6.07) is 19.0. The van der Waals surface area contributed by atoms with Crippen molar-refractivity contribution in [2.24, 2.45) is 0 Å². The van der Waals surface area contributed by atoms with Gasteiger partial charge in [0.2, 0.25) is 5.91 Å². The fourth-order valence-electron chi connectivity index (χ4n) is 4.22. The topological polar surface area (TPSA) is 86.6 Å². The lowest BCUT2D eigenvalue weighted by molar-refractivity contribution is -0.116. The van der Waals surface area contributed by atoms with Crippen LogP contribution in [0.4, 0.5) is 5.69 Å². The van der Waals surface area contributed by atoms with Gasteiger partial charge in [0.15, 0.2) is 5.66 Å². The molecule has 1 heterocycles. The zero-order valence-electron chi connectivity index (χ0n) is 17.6. The highest BCUT2D eigenvalue weighted by Gasteiger charge is 2.39. The smallest absolute Gasteiger partial charge is 0.325 e. The molecule has 3 N–H and O–H groups in total. The van der Waals surface area contributed by atoms with Gasteiger partial charge in [-0.25, -0.2) is 0 Å². The number of carbonyl (C=O) groups is 1. The van der Waals surface area contributed by atoms with Gasteiger partial charge < -0.3 is 15.1 Å². The molecule has 166 valence electrons. The average molecular weight is 476 g/mol. The van der Waals surface area contributed by atoms with E-state index in [1.165, 1.54) is 11.3 Å². The van der Waals surface area contributed by atoms with E-state index in [4.69, 9.17) is 0 Å². The molecule has 0 fully saturated rings. The Bertz CT molecular complexity index is 1480. The standard InChI is InChI=1S/C26H22NO4PS/c28-26(27-21-12-10-18-8-4-5-9-19(18)14-21)25(32(29,30)31)23-16-33-24-13-11-20(15-22(23)24)17-6-2-1-3-7-17/h2,4-16,25H,1,3H2,(H,27,28)(H2,29,30,31). The van der Waals surface area contributed by atoms with Gasteiger partial charge in [-0.15, -0.1) is 11.3 Å². The van der Waals surface area contributed by atoms with Gasteiger partial charge in [-0.2, -0.15) is 0 Å². The minimum Gasteiger partial charge on any atom is -0.325 e. The number of allylic oxidation sites excluding steroid dienone is 4. The van der Waals surface area contributed by atoms with E-state index in [1.54, 1.807) is 17.5 Å². The van der Waals surface area contributed by atoms with E-state index in [2.05, 4.69) is 23.5 Å². The molecule has 0 saturated heterocycles. The minimum absolute atomic E-state index is 0.351. The molecule has 3 aromatic carbocycles. The third-order valence-electron chi connectivity index (χ3n) is 5.83. The maximum absolute atomic E-state index is 13.2. The lowest BCUT2D eigenvalue weighted by Gasteiger charge is -2.18. The number of anilines is 1. The largest absolute Gasteiger partial charge is 0.342 e. The molecule has 0 aliphatic heterocycles. The van der Waals surface area contributed by atoms with Crippen molar-refractivity contribution >= 4 is 57.0 Å². The second kappa shape index (κ2) is 8.73. The van der Waals surface area contributed by atoms with E-state index in [9.17, 15) is 19.1 Å². The predicted molar refractivity (Wildman–Crippen MR) is 136 cm³/mol. The number of fused-ring (bicyclic) bond motifs is 2. The first-order chi connectivity index (χ1) is 15.9. The number of thiophene rings is 1. The summed E-state index contributed by atoms with van der Waals surface area (Å²) < 4.78 is 13.4. The molecule has 7 heteroatoms. The van der Waals surface area contributed by atoms with Crippen LogP contribution in [-0.2, 0) is 9.36 Å². The summed E-state index contributed by atoms with van der Waals surface area (Å²) in [6.07, 6.45) is 8.29. The number of nitrogens with one attached hydrogen (secondary N) is 1. The Hall–Kier alpha value is -3.02. The predicted octanol–water partition coefficient (Wildman–Crippen LogP) is 6.65. The van der Waals surface area contributed by atoms with Crippen LogP contribution in [0.5, 0.6) is 0 Å². The third-order valence-corrected chi connectivity index (χ3v) is 8.00. The normalized spacial score (nSPS) is 14.9. The Morgan fingerprint density at radius 1 is 1.00 bits per heavy atom. The number of hydrogen-bond acceptors (Lipinski definition) is 3. The number of carbonyl (C=O) groups excluding carboxylic acids is 1. The van der Waals surface area contributed by atoms with Gasteiger partial charge in [-0.05, 0) is 75.3 Å². The van der Waals surface area contributed by atoms with Crippen LogP contribution in [-0.4, -0.2) is 15.7 Å². The molecule has 4 aromatic rings. The van der Waals surface area contributed by atoms with E-state index < -0.39 is 19.2 Å². The average Bonchev–Trinajstić information content (AvgIpc) is 3.21. The number of rotatable bonds is 5. The van der Waals surface area contributed by atoms with Crippen LogP contribution in [0, 0.1) is 0 Å². The molecule has 1 atom stereocenters. The van der Waals surface area contributed by atoms with Crippen molar-refractivity contribution in [1.82, 2.24) is 0 Å². The highest BCUT2D eigenvalue weighted by atomic mass is 32.1. The van der Waals surface area contributed by atoms with E-state index in [0.717, 1.165) is 39.5 Å². The first-order valence-corrected chi connectivity index (χ1v) is 13.2. The number of hydrogen-bond donors (Lipinski definition) is 3. The maximum atomic E-state index is 13.2. The molecule has 0 saturated carbocycles. The van der Waals surface area contributed by atoms with E-state index in [1.807, 2.05) is 48.5 Å². The highest BCUT2D eigenvalue weighted by Crippen LogP contribution is 2.54. The summed E-state index contributed by atoms with van der Waals surface area (Å²) in [4.78, 5) is 33.6. The molecule has 0 spiro atoms. The second-order valence-corrected chi connectivity index (χ2v) is 10.7. The van der Waals surface area contributed by atoms with Crippen molar-refractivity contribution in [1.29, 1.82) is 0 Å². The van der Waals surface area contributed by atoms with Crippen LogP contribution in [0.25, 0.3) is 26.4 Å². The van der Waals surface area contributed by atoms with Crippen LogP contribution < -0.4 is 5.32 Å². The van der Waals surface area contributed by atoms with Crippen molar-refractivity contribution in [3.8, 4) is 0 Å². The summed E-state index contributed by atoms with van der Waals surface area (Å²) in [5.41, 5.74) is 1.30. The van der Waals surface area contributed by atoms with Gasteiger partial charge in [-0.3, -0.25) is 9.36 Å². The molecular weight excluding hydrogens is 453 g/mol. The summed E-state index contributed by atoms with van der Waals surface area (Å²) in [5.74, 6) is -0.722. The van der Waals surface area contributed by atoms with Gasteiger partial charge in [-0.1, -0.05) is 54.6 Å². The fraction of sp³-hybridized carbons (Fsp3) is 0.115. The molecule has 5 rings (SSSR count). The van der Waals surface area contributed by atoms with Crippen molar-refractivity contribution in [2.75, 3.05) is 5.32 Å². The molecule has 1 unspecified atom stereocenters. The molecular formula is C26H22NO4PS. The van der Waals surface area contributed by atoms with Crippen LogP contribution >= 0.6 is 18.9 Å². The lowest BCUT2D eigenvalue weighted by Crippen LogP contribution is -2.21. The van der Waals surface area contributed by atoms with Crippen LogP contribution in [0.2, 0.25) is 0 Å². The molecule has 1 aliphatic rings. The van der Waals surface area contributed by atoms with E-state index in [-0.39, 0.29) is 0 Å². The second-order valence-electron chi connectivity index (χ2n) is 8.08. The third kappa shape index (κ3) is 4.43. The van der Waals surface area contributed by atoms with Crippen molar-refractivity contribution in [2.45, 2.75) is 18.5 Å². The highest BCUT2D eigenvalue weighted by molar-refractivity contribution is 7.53. The minimum atomic E-state index is -4.79. The molecule has 5 nitrogen and oxygen atoms in total. The van der Waals surface area contributed by atoms with E-state index >= 15 is 0 Å². The molecule has 0 radical (unpaired) electrons. The molecule has 0 bridgehead atoms. The van der Waals surface area contributed by atoms with E-state index in [0.29, 0.717) is 16.6 Å². The van der Waals surface area contributed by atoms with Crippen molar-refractivity contribution < 1.29 is 19.1 Å². The summed E-state index contributed by atoms with van der Waals surface area (Å²) in [7, 11) is -4.79. The zero-order chi connectivity index (χ0) is 23.0. The Morgan fingerprint density at radius 2 is 1.82 bits per heavy atom. The molecule has 1 aliphatic carbocycles. The van der Waals surface area contributed by atoms with Crippen LogP contribution in [0.3, 0.4) is 0 Å².